The Hall–Kier alpha value is -0.380. The van der Waals surface area contributed by atoms with E-state index in [0.29, 0.717) is 11.8 Å². The van der Waals surface area contributed by atoms with Crippen molar-refractivity contribution in [2.24, 2.45) is 45.3 Å². The van der Waals surface area contributed by atoms with E-state index in [1.54, 1.807) is 0 Å². The molecule has 4 fully saturated rings. The first-order valence-electron chi connectivity index (χ1n) is 13.8. The molecule has 4 saturated carbocycles. The number of hydrogen-bond acceptors (Lipinski definition) is 3. The van der Waals surface area contributed by atoms with Crippen LogP contribution in [0.25, 0.3) is 0 Å². The normalized spacial score (nSPS) is 50.5. The topological polar surface area (TPSA) is 60.7 Å². The van der Waals surface area contributed by atoms with Gasteiger partial charge in [0.15, 0.2) is 0 Å². The number of aliphatic hydroxyl groups excluding tert-OH is 2. The molecule has 1 unspecified atom stereocenters. The molecule has 3 nitrogen and oxygen atoms in total. The van der Waals surface area contributed by atoms with Gasteiger partial charge >= 0.3 is 0 Å². The van der Waals surface area contributed by atoms with Gasteiger partial charge in [-0.15, -0.1) is 0 Å². The smallest absolute Gasteiger partial charge is 0.0653 e. The van der Waals surface area contributed by atoms with Gasteiger partial charge in [-0.1, -0.05) is 46.3 Å². The van der Waals surface area contributed by atoms with E-state index in [2.05, 4.69) is 61.5 Å². The fraction of sp³-hybridized carbons (Fsp3) is 0.933. The lowest BCUT2D eigenvalue weighted by atomic mass is 9.35. The lowest BCUT2D eigenvalue weighted by Gasteiger charge is -2.70. The molecule has 0 aromatic rings. The molecule has 3 heteroatoms. The van der Waals surface area contributed by atoms with Crippen LogP contribution in [0, 0.1) is 45.3 Å². The molecular weight excluding hydrogens is 408 g/mol. The maximum absolute atomic E-state index is 11.9. The zero-order valence-electron chi connectivity index (χ0n) is 22.7. The third kappa shape index (κ3) is 3.61. The highest BCUT2D eigenvalue weighted by molar-refractivity contribution is 5.20. The van der Waals surface area contributed by atoms with Crippen LogP contribution in [0.5, 0.6) is 0 Å². The summed E-state index contributed by atoms with van der Waals surface area (Å²) in [5.74, 6) is 1.35. The van der Waals surface area contributed by atoms with Crippen LogP contribution < -0.4 is 0 Å². The van der Waals surface area contributed by atoms with Crippen molar-refractivity contribution < 1.29 is 15.3 Å². The van der Waals surface area contributed by atoms with Gasteiger partial charge in [0.05, 0.1) is 17.8 Å². The molecular formula is C30H52O3. The second kappa shape index (κ2) is 8.07. The molecule has 0 amide bonds. The number of rotatable bonds is 4. The predicted molar refractivity (Wildman–Crippen MR) is 136 cm³/mol. The molecule has 3 N–H and O–H groups in total. The van der Waals surface area contributed by atoms with Crippen LogP contribution in [0.3, 0.4) is 0 Å². The Morgan fingerprint density at radius 3 is 2.21 bits per heavy atom. The summed E-state index contributed by atoms with van der Waals surface area (Å²) in [5, 5.41) is 34.3. The summed E-state index contributed by atoms with van der Waals surface area (Å²) in [6.07, 6.45) is 10.6. The number of aliphatic hydroxyl groups is 3. The Balaban J connectivity index is 1.66. The van der Waals surface area contributed by atoms with Gasteiger partial charge in [0, 0.05) is 0 Å². The zero-order chi connectivity index (χ0) is 24.6. The third-order valence-corrected chi connectivity index (χ3v) is 12.3. The fourth-order valence-corrected chi connectivity index (χ4v) is 10.4. The van der Waals surface area contributed by atoms with Crippen LogP contribution >= 0.6 is 0 Å². The Morgan fingerprint density at radius 1 is 0.939 bits per heavy atom. The SMILES string of the molecule is CC(C)=CCC[C@](C)(O)[C@H]1CC[C@@]2(C)[C@@H]1C[C@@H](O)[C@@H]1[C@@]3(C)CC[C@H](O)C(C)(C)C3CC[C@]12C. The molecule has 0 saturated heterocycles. The third-order valence-electron chi connectivity index (χ3n) is 12.3. The highest BCUT2D eigenvalue weighted by Crippen LogP contribution is 2.75. The maximum atomic E-state index is 11.9. The maximum Gasteiger partial charge on any atom is 0.0653 e. The van der Waals surface area contributed by atoms with E-state index >= 15 is 0 Å². The minimum absolute atomic E-state index is 0.0627. The van der Waals surface area contributed by atoms with Crippen molar-refractivity contribution in [1.82, 2.24) is 0 Å². The molecule has 0 aliphatic heterocycles. The second-order valence-electron chi connectivity index (χ2n) is 14.5. The van der Waals surface area contributed by atoms with Crippen LogP contribution in [0.15, 0.2) is 11.6 Å². The molecule has 0 radical (unpaired) electrons. The first-order valence-corrected chi connectivity index (χ1v) is 13.8. The highest BCUT2D eigenvalue weighted by atomic mass is 16.3. The molecule has 33 heavy (non-hydrogen) atoms. The molecule has 0 spiro atoms. The lowest BCUT2D eigenvalue weighted by molar-refractivity contribution is -0.256. The van der Waals surface area contributed by atoms with E-state index in [1.165, 1.54) is 5.57 Å². The van der Waals surface area contributed by atoms with Gasteiger partial charge in [0.25, 0.3) is 0 Å². The summed E-state index contributed by atoms with van der Waals surface area (Å²) in [6, 6.07) is 0. The largest absolute Gasteiger partial charge is 0.393 e. The van der Waals surface area contributed by atoms with Gasteiger partial charge in [0.1, 0.15) is 0 Å². The molecule has 4 rings (SSSR count). The molecule has 0 bridgehead atoms. The van der Waals surface area contributed by atoms with Crippen molar-refractivity contribution in [2.75, 3.05) is 0 Å². The molecule has 0 aromatic heterocycles. The van der Waals surface area contributed by atoms with E-state index in [0.717, 1.165) is 57.8 Å². The summed E-state index contributed by atoms with van der Waals surface area (Å²) >= 11 is 0. The standard InChI is InChI=1S/C30H52O3/c1-19(2)10-9-14-30(8,33)20-11-16-28(6)21(20)18-22(31)25-27(5)15-13-24(32)26(3,4)23(27)12-17-29(25,28)7/h10,20-25,31-33H,9,11-18H2,1-8H3/t20-,21+,22+,23?,24-,25+,27-,28-,29+,30-/m0/s1. The first-order chi connectivity index (χ1) is 15.1. The number of hydrogen-bond donors (Lipinski definition) is 3. The summed E-state index contributed by atoms with van der Waals surface area (Å²) < 4.78 is 0. The van der Waals surface area contributed by atoms with Crippen molar-refractivity contribution in [3.63, 3.8) is 0 Å². The van der Waals surface area contributed by atoms with Crippen molar-refractivity contribution in [2.45, 2.75) is 131 Å². The molecule has 190 valence electrons. The van der Waals surface area contributed by atoms with Gasteiger partial charge in [-0.2, -0.15) is 0 Å². The Labute approximate surface area is 203 Å². The Morgan fingerprint density at radius 2 is 1.58 bits per heavy atom. The van der Waals surface area contributed by atoms with Crippen LogP contribution in [-0.4, -0.2) is 33.1 Å². The zero-order valence-corrected chi connectivity index (χ0v) is 22.7. The van der Waals surface area contributed by atoms with Gasteiger partial charge in [-0.25, -0.2) is 0 Å². The van der Waals surface area contributed by atoms with E-state index in [4.69, 9.17) is 0 Å². The summed E-state index contributed by atoms with van der Waals surface area (Å²) in [7, 11) is 0. The van der Waals surface area contributed by atoms with E-state index in [9.17, 15) is 15.3 Å². The quantitative estimate of drug-likeness (QED) is 0.420. The van der Waals surface area contributed by atoms with Crippen molar-refractivity contribution in [3.05, 3.63) is 11.6 Å². The number of fused-ring (bicyclic) bond motifs is 5. The monoisotopic (exact) mass is 460 g/mol. The average molecular weight is 461 g/mol. The summed E-state index contributed by atoms with van der Waals surface area (Å²) in [5.41, 5.74) is 0.817. The van der Waals surface area contributed by atoms with Crippen molar-refractivity contribution >= 4 is 0 Å². The fourth-order valence-electron chi connectivity index (χ4n) is 10.4. The second-order valence-corrected chi connectivity index (χ2v) is 14.5. The number of allylic oxidation sites excluding steroid dienone is 2. The predicted octanol–water partition coefficient (Wildman–Crippen LogP) is 6.50. The minimum atomic E-state index is -0.685. The molecule has 0 aromatic carbocycles. The average Bonchev–Trinajstić information content (AvgIpc) is 3.03. The highest BCUT2D eigenvalue weighted by Gasteiger charge is 2.71. The summed E-state index contributed by atoms with van der Waals surface area (Å²) in [4.78, 5) is 0. The molecule has 4 aliphatic rings. The Bertz CT molecular complexity index is 779. The first kappa shape index (κ1) is 25.7. The van der Waals surface area contributed by atoms with Crippen molar-refractivity contribution in [3.8, 4) is 0 Å². The van der Waals surface area contributed by atoms with E-state index in [-0.39, 0.29) is 45.7 Å². The van der Waals surface area contributed by atoms with Crippen molar-refractivity contribution in [1.29, 1.82) is 0 Å². The van der Waals surface area contributed by atoms with Gasteiger partial charge in [-0.05, 0) is 124 Å². The molecule has 4 aliphatic carbocycles. The van der Waals surface area contributed by atoms with Gasteiger partial charge < -0.3 is 15.3 Å². The molecule has 0 heterocycles. The van der Waals surface area contributed by atoms with Crippen LogP contribution in [0.4, 0.5) is 0 Å². The van der Waals surface area contributed by atoms with Gasteiger partial charge in [-0.3, -0.25) is 0 Å². The van der Waals surface area contributed by atoms with E-state index < -0.39 is 5.60 Å². The summed E-state index contributed by atoms with van der Waals surface area (Å²) in [6.45, 7) is 18.3. The van der Waals surface area contributed by atoms with Crippen LogP contribution in [0.1, 0.15) is 113 Å². The Kier molecular flexibility index (Phi) is 6.28. The lowest BCUT2D eigenvalue weighted by Crippen LogP contribution is -2.67. The van der Waals surface area contributed by atoms with E-state index in [1.807, 2.05) is 0 Å². The van der Waals surface area contributed by atoms with Crippen LogP contribution in [-0.2, 0) is 0 Å². The molecule has 10 atom stereocenters. The van der Waals surface area contributed by atoms with Gasteiger partial charge in [0.2, 0.25) is 0 Å². The van der Waals surface area contributed by atoms with Crippen LogP contribution in [0.2, 0.25) is 0 Å². The minimum Gasteiger partial charge on any atom is -0.393 e.